The van der Waals surface area contributed by atoms with E-state index in [1.165, 1.54) is 322 Å². The third-order valence-corrected chi connectivity index (χ3v) is 38.1. The van der Waals surface area contributed by atoms with Crippen molar-refractivity contribution in [2.24, 2.45) is 0 Å². The van der Waals surface area contributed by atoms with Crippen LogP contribution in [-0.2, 0) is 26.1 Å². The van der Waals surface area contributed by atoms with E-state index in [1.807, 2.05) is 36.4 Å². The van der Waals surface area contributed by atoms with Gasteiger partial charge >= 0.3 is 0 Å². The molecule has 0 bridgehead atoms. The molecule has 0 N–H and O–H groups in total. The maximum Gasteiger partial charge on any atom is 0.200 e. The van der Waals surface area contributed by atoms with Gasteiger partial charge in [0.05, 0.1) is 46.2 Å². The van der Waals surface area contributed by atoms with E-state index in [-0.39, 0.29) is 0 Å². The van der Waals surface area contributed by atoms with E-state index in [2.05, 4.69) is 309 Å². The van der Waals surface area contributed by atoms with Crippen LogP contribution < -0.4 is 4.74 Å². The Kier molecular flexibility index (Phi) is 20.4. The van der Waals surface area contributed by atoms with Gasteiger partial charge in [-0.3, -0.25) is 0 Å². The van der Waals surface area contributed by atoms with E-state index in [9.17, 15) is 8.42 Å². The van der Waals surface area contributed by atoms with Crippen LogP contribution >= 0.6 is 11.8 Å². The summed E-state index contributed by atoms with van der Waals surface area (Å²) in [5.41, 5.74) is 76.7. The average Bonchev–Trinajstić information content (AvgIpc) is 1.57. The van der Waals surface area contributed by atoms with Gasteiger partial charge in [0.2, 0.25) is 0 Å². The highest BCUT2D eigenvalue weighted by molar-refractivity contribution is 8.02. The highest BCUT2D eigenvalue weighted by Crippen LogP contribution is 2.67. The number of hydrogen-bond donors (Lipinski definition) is 0. The van der Waals surface area contributed by atoms with E-state index in [0.29, 0.717) is 10.5 Å². The molecule has 0 atom stereocenters. The zero-order valence-corrected chi connectivity index (χ0v) is 85.8. The summed E-state index contributed by atoms with van der Waals surface area (Å²) in [5, 5.41) is 6.98. The average molecular weight is 1760 g/mol. The minimum atomic E-state index is -3.72. The molecular weight excluding hydrogens is 1640 g/mol. The summed E-state index contributed by atoms with van der Waals surface area (Å²) in [5.74, 6) is 0.860. The zero-order valence-electron chi connectivity index (χ0n) is 84.2. The molecule has 8 heteroatoms. The van der Waals surface area contributed by atoms with Gasteiger partial charge in [0.15, 0.2) is 9.84 Å². The molecule has 21 rings (SSSR count). The summed E-state index contributed by atoms with van der Waals surface area (Å²) in [7, 11) is -3.72. The molecule has 666 valence electrons. The molecule has 0 saturated heterocycles. The van der Waals surface area contributed by atoms with E-state index >= 15 is 0 Å². The SMILES string of the molecule is Cc1c(C)c(C)c2c(c1C)-c1c(C)c(C)c(C)c(C)c1C1(C=COc3cc4occc4cc31)c1c(C)c(C)c(C)c(C)c1-2.Cc1c(C)c(C)c2c(c1C)-c1c(C)c(C)c(C)c(C)c1C1(C=CS(=O)(=O)c3cc4occc4cc31)c1c(C)c(C)c(C)c(C)c1-2.Cc1c(C)c(C)c2c(c1C)-c1c(C)c(C)c(C)c(C)c1C1(C=CSc3cc4occc4cc31)c1c(C)c(C)c(C)c(C)c1-2. The predicted octanol–water partition coefficient (Wildman–Crippen LogP) is 33.2. The lowest BCUT2D eigenvalue weighted by atomic mass is 9.62. The first-order chi connectivity index (χ1) is 61.8. The zero-order chi connectivity index (χ0) is 94.4. The van der Waals surface area contributed by atoms with Crippen molar-refractivity contribution in [3.8, 4) is 72.5 Å². The maximum atomic E-state index is 14.0. The standard InChI is InChI=1S/C41H42O3S.C41H42O2.C41H42OS/c1-19-20(2)26(8)36-35(25(19)7)37-27(9)21(3)23(5)29(11)39(37)41(40-30(12)24(6)22(4)28(10)38(36)40)14-16-45(42,43)34-18-33-31(13-15-44-33)17-32(34)41;2*1-19-20(2)26(8)36-35(25(19)7)37-27(9)21(3)23(5)29(11)39(37)41(40-30(12)24(6)22(4)28(10)38(36)40)14-16-43-34-18-33-31(13-15-42-33)17-32(34)41/h13-18H,1-12H3;2*13-18H,1-12H3. The molecule has 6 nitrogen and oxygen atoms in total. The lowest BCUT2D eigenvalue weighted by molar-refractivity contribution is 0.443. The topological polar surface area (TPSA) is 82.8 Å². The van der Waals surface area contributed by atoms with Gasteiger partial charge < -0.3 is 18.0 Å². The molecule has 0 fully saturated rings. The smallest absolute Gasteiger partial charge is 0.200 e. The summed E-state index contributed by atoms with van der Waals surface area (Å²) < 4.78 is 52.0. The Morgan fingerprint density at radius 1 is 0.237 bits per heavy atom. The normalized spacial score (nSPS) is 14.8. The Balaban J connectivity index is 0.000000127. The largest absolute Gasteiger partial charge is 0.465 e. The second-order valence-corrected chi connectivity index (χ2v) is 43.0. The van der Waals surface area contributed by atoms with Crippen molar-refractivity contribution in [2.75, 3.05) is 0 Å². The van der Waals surface area contributed by atoms with Crippen LogP contribution in [0.3, 0.4) is 0 Å². The van der Waals surface area contributed by atoms with Crippen LogP contribution in [0.15, 0.2) is 132 Å². The second-order valence-electron chi connectivity index (χ2n) is 40.3. The summed E-state index contributed by atoms with van der Waals surface area (Å²) >= 11 is 1.82. The minimum Gasteiger partial charge on any atom is -0.465 e. The van der Waals surface area contributed by atoms with Crippen molar-refractivity contribution in [1.82, 2.24) is 0 Å². The van der Waals surface area contributed by atoms with Gasteiger partial charge in [-0.2, -0.15) is 0 Å². The molecule has 6 heterocycles. The van der Waals surface area contributed by atoms with E-state index in [4.69, 9.17) is 18.0 Å². The van der Waals surface area contributed by atoms with Crippen LogP contribution in [0.2, 0.25) is 0 Å². The highest BCUT2D eigenvalue weighted by atomic mass is 32.2. The van der Waals surface area contributed by atoms with Crippen molar-refractivity contribution in [2.45, 2.75) is 275 Å². The number of rotatable bonds is 0. The third-order valence-electron chi connectivity index (χ3n) is 35.8. The van der Waals surface area contributed by atoms with Gasteiger partial charge in [-0.15, -0.1) is 0 Å². The number of fused-ring (bicyclic) bond motifs is 30. The lowest BCUT2D eigenvalue weighted by Crippen LogP contribution is -2.35. The lowest BCUT2D eigenvalue weighted by Gasteiger charge is -2.41. The number of ether oxygens (including phenoxy) is 1. The van der Waals surface area contributed by atoms with Crippen molar-refractivity contribution < 1.29 is 26.4 Å². The summed E-state index contributed by atoms with van der Waals surface area (Å²) in [6.07, 6.45) is 14.1. The molecular formula is C123H126O6S2. The van der Waals surface area contributed by atoms with Crippen molar-refractivity contribution in [1.29, 1.82) is 0 Å². The molecule has 0 unspecified atom stereocenters. The molecule has 15 aromatic rings. The number of benzene rings is 12. The predicted molar refractivity (Wildman–Crippen MR) is 552 cm³/mol. The van der Waals surface area contributed by atoms with E-state index in [1.54, 1.807) is 18.6 Å². The fraction of sp³-hybridized carbons (Fsp3) is 0.317. The fourth-order valence-corrected chi connectivity index (χ4v) is 27.8. The first-order valence-corrected chi connectivity index (χ1v) is 49.3. The van der Waals surface area contributed by atoms with Gasteiger partial charge in [-0.1, -0.05) is 23.9 Å². The number of sulfone groups is 1. The van der Waals surface area contributed by atoms with E-state index in [0.717, 1.165) is 38.6 Å². The molecule has 0 radical (unpaired) electrons. The fourth-order valence-electron chi connectivity index (χ4n) is 25.5. The second kappa shape index (κ2) is 30.0. The molecule has 12 aromatic carbocycles. The van der Waals surface area contributed by atoms with Gasteiger partial charge in [0.25, 0.3) is 0 Å². The molecule has 6 aliphatic rings. The van der Waals surface area contributed by atoms with Crippen LogP contribution in [0.5, 0.6) is 5.75 Å². The molecule has 131 heavy (non-hydrogen) atoms. The molecule has 0 amide bonds. The Morgan fingerprint density at radius 2 is 0.473 bits per heavy atom. The van der Waals surface area contributed by atoms with Crippen LogP contribution in [0.4, 0.5) is 0 Å². The highest BCUT2D eigenvalue weighted by Gasteiger charge is 2.54. The van der Waals surface area contributed by atoms with Crippen LogP contribution in [0.25, 0.3) is 99.7 Å². The Labute approximate surface area is 782 Å². The Hall–Kier alpha value is -11.4. The van der Waals surface area contributed by atoms with E-state index < -0.39 is 26.1 Å². The first-order valence-electron chi connectivity index (χ1n) is 46.9. The summed E-state index contributed by atoms with van der Waals surface area (Å²) in [6.45, 7) is 83.1. The van der Waals surface area contributed by atoms with Crippen LogP contribution in [0.1, 0.15) is 250 Å². The van der Waals surface area contributed by atoms with Crippen molar-refractivity contribution in [3.05, 3.63) is 359 Å². The van der Waals surface area contributed by atoms with Crippen molar-refractivity contribution >= 4 is 54.5 Å². The molecule has 0 saturated carbocycles. The van der Waals surface area contributed by atoms with Crippen LogP contribution in [0, 0.1) is 249 Å². The van der Waals surface area contributed by atoms with Gasteiger partial charge in [-0.05, 0) is 615 Å². The number of hydrogen-bond acceptors (Lipinski definition) is 7. The molecule has 3 aliphatic heterocycles. The third kappa shape index (κ3) is 11.4. The molecule has 3 spiro atoms. The monoisotopic (exact) mass is 1760 g/mol. The maximum absolute atomic E-state index is 14.0. The summed E-state index contributed by atoms with van der Waals surface area (Å²) in [6, 6.07) is 19.1. The molecule has 3 aromatic heterocycles. The van der Waals surface area contributed by atoms with Crippen molar-refractivity contribution in [3.63, 3.8) is 0 Å². The molecule has 3 aliphatic carbocycles. The first kappa shape index (κ1) is 88.8. The van der Waals surface area contributed by atoms with Gasteiger partial charge in [0, 0.05) is 44.2 Å². The van der Waals surface area contributed by atoms with Crippen LogP contribution in [-0.4, -0.2) is 8.42 Å². The number of thioether (sulfide) groups is 1. The minimum absolute atomic E-state index is 0.321. The Morgan fingerprint density at radius 3 is 0.771 bits per heavy atom. The number of allylic oxidation sites excluding steroid dienone is 3. The number of furan rings is 3. The summed E-state index contributed by atoms with van der Waals surface area (Å²) in [4.78, 5) is 1.60. The van der Waals surface area contributed by atoms with Gasteiger partial charge in [0.1, 0.15) is 22.5 Å². The quantitative estimate of drug-likeness (QED) is 0.150. The van der Waals surface area contributed by atoms with Gasteiger partial charge in [-0.25, -0.2) is 8.42 Å². The Bertz CT molecular complexity index is 7450.